The number of aromatic amines is 1. The summed E-state index contributed by atoms with van der Waals surface area (Å²) < 4.78 is 5.05. The van der Waals surface area contributed by atoms with Gasteiger partial charge in [0.15, 0.2) is 5.58 Å². The van der Waals surface area contributed by atoms with E-state index < -0.39 is 5.76 Å². The number of nitrogens with two attached hydrogens (primary N) is 1. The van der Waals surface area contributed by atoms with E-state index >= 15 is 0 Å². The van der Waals surface area contributed by atoms with E-state index in [9.17, 15) is 4.79 Å². The van der Waals surface area contributed by atoms with Crippen LogP contribution in [0.5, 0.6) is 0 Å². The number of oxazole rings is 1. The van der Waals surface area contributed by atoms with Crippen molar-refractivity contribution in [3.8, 4) is 0 Å². The SMILES string of the molecule is CN(CCc1ccc2[nH]c(=O)oc2c1)CC(C)(C)N. The smallest absolute Gasteiger partial charge is 0.408 e. The van der Waals surface area contributed by atoms with Crippen LogP contribution in [-0.4, -0.2) is 35.6 Å². The molecule has 1 aromatic heterocycles. The number of fused-ring (bicyclic) bond motifs is 1. The van der Waals surface area contributed by atoms with Crippen molar-refractivity contribution >= 4 is 11.1 Å². The number of aromatic nitrogens is 1. The molecule has 0 saturated carbocycles. The maximum atomic E-state index is 11.1. The van der Waals surface area contributed by atoms with Crippen LogP contribution in [0, 0.1) is 0 Å². The Balaban J connectivity index is 1.99. The molecule has 0 radical (unpaired) electrons. The van der Waals surface area contributed by atoms with Crippen molar-refractivity contribution in [3.63, 3.8) is 0 Å². The summed E-state index contributed by atoms with van der Waals surface area (Å²) in [6.07, 6.45) is 0.900. The molecule has 0 aliphatic rings. The van der Waals surface area contributed by atoms with Crippen LogP contribution < -0.4 is 11.5 Å². The van der Waals surface area contributed by atoms with Gasteiger partial charge in [0.25, 0.3) is 0 Å². The second kappa shape index (κ2) is 5.19. The minimum Gasteiger partial charge on any atom is -0.408 e. The summed E-state index contributed by atoms with van der Waals surface area (Å²) in [6, 6.07) is 5.80. The molecule has 1 aromatic carbocycles. The molecule has 104 valence electrons. The number of likely N-dealkylation sites (N-methyl/N-ethyl adjacent to an activating group) is 1. The molecule has 1 heterocycles. The summed E-state index contributed by atoms with van der Waals surface area (Å²) in [5.41, 5.74) is 8.30. The number of H-pyrrole nitrogens is 1. The molecule has 2 rings (SSSR count). The van der Waals surface area contributed by atoms with Crippen molar-refractivity contribution in [1.29, 1.82) is 0 Å². The number of hydrogen-bond donors (Lipinski definition) is 2. The summed E-state index contributed by atoms with van der Waals surface area (Å²) in [5, 5.41) is 0. The number of benzene rings is 1. The van der Waals surface area contributed by atoms with E-state index in [1.54, 1.807) is 0 Å². The van der Waals surface area contributed by atoms with Gasteiger partial charge < -0.3 is 15.1 Å². The number of rotatable bonds is 5. The highest BCUT2D eigenvalue weighted by molar-refractivity contribution is 5.72. The normalized spacial score (nSPS) is 12.5. The fraction of sp³-hybridized carbons (Fsp3) is 0.500. The van der Waals surface area contributed by atoms with Crippen LogP contribution in [0.1, 0.15) is 19.4 Å². The Morgan fingerprint density at radius 2 is 2.16 bits per heavy atom. The summed E-state index contributed by atoms with van der Waals surface area (Å²) in [6.45, 7) is 5.79. The third kappa shape index (κ3) is 3.94. The van der Waals surface area contributed by atoms with E-state index in [0.717, 1.165) is 30.6 Å². The van der Waals surface area contributed by atoms with Crippen LogP contribution in [0.15, 0.2) is 27.4 Å². The van der Waals surface area contributed by atoms with Crippen molar-refractivity contribution in [3.05, 3.63) is 34.3 Å². The summed E-state index contributed by atoms with van der Waals surface area (Å²) in [7, 11) is 2.06. The number of hydrogen-bond acceptors (Lipinski definition) is 4. The van der Waals surface area contributed by atoms with Gasteiger partial charge in [-0.2, -0.15) is 0 Å². The molecular formula is C14H21N3O2. The van der Waals surface area contributed by atoms with Crippen LogP contribution in [0.3, 0.4) is 0 Å². The topological polar surface area (TPSA) is 75.3 Å². The fourth-order valence-corrected chi connectivity index (χ4v) is 2.24. The largest absolute Gasteiger partial charge is 0.417 e. The highest BCUT2D eigenvalue weighted by atomic mass is 16.4. The molecule has 0 saturated heterocycles. The van der Waals surface area contributed by atoms with E-state index in [1.165, 1.54) is 0 Å². The van der Waals surface area contributed by atoms with Gasteiger partial charge in [-0.05, 0) is 45.0 Å². The van der Waals surface area contributed by atoms with Gasteiger partial charge in [0, 0.05) is 18.6 Å². The summed E-state index contributed by atoms with van der Waals surface area (Å²) >= 11 is 0. The van der Waals surface area contributed by atoms with Crippen LogP contribution >= 0.6 is 0 Å². The maximum absolute atomic E-state index is 11.1. The lowest BCUT2D eigenvalue weighted by atomic mass is 10.1. The minimum atomic E-state index is -0.408. The molecule has 0 atom stereocenters. The molecule has 0 aliphatic carbocycles. The highest BCUT2D eigenvalue weighted by Gasteiger charge is 2.13. The molecule has 0 unspecified atom stereocenters. The number of nitrogens with zero attached hydrogens (tertiary/aromatic N) is 1. The van der Waals surface area contributed by atoms with Gasteiger partial charge in [-0.15, -0.1) is 0 Å². The Kier molecular flexibility index (Phi) is 3.78. The average Bonchev–Trinajstić information content (AvgIpc) is 2.63. The first-order valence-electron chi connectivity index (χ1n) is 6.43. The van der Waals surface area contributed by atoms with Crippen molar-refractivity contribution in [2.45, 2.75) is 25.8 Å². The van der Waals surface area contributed by atoms with Gasteiger partial charge in [0.05, 0.1) is 5.52 Å². The lowest BCUT2D eigenvalue weighted by Gasteiger charge is -2.26. The molecule has 0 aliphatic heterocycles. The molecule has 5 heteroatoms. The molecule has 0 fully saturated rings. The molecular weight excluding hydrogens is 242 g/mol. The Hall–Kier alpha value is -1.59. The molecule has 3 N–H and O–H groups in total. The van der Waals surface area contributed by atoms with Crippen molar-refractivity contribution in [2.24, 2.45) is 5.73 Å². The van der Waals surface area contributed by atoms with Gasteiger partial charge in [-0.3, -0.25) is 4.98 Å². The fourth-order valence-electron chi connectivity index (χ4n) is 2.24. The molecule has 2 aromatic rings. The number of nitrogens with one attached hydrogen (secondary N) is 1. The van der Waals surface area contributed by atoms with Crippen LogP contribution in [0.4, 0.5) is 0 Å². The first-order chi connectivity index (χ1) is 8.83. The van der Waals surface area contributed by atoms with E-state index in [4.69, 9.17) is 10.2 Å². The lowest BCUT2D eigenvalue weighted by Crippen LogP contribution is -2.44. The summed E-state index contributed by atoms with van der Waals surface area (Å²) in [4.78, 5) is 15.9. The quantitative estimate of drug-likeness (QED) is 0.853. The van der Waals surface area contributed by atoms with E-state index in [-0.39, 0.29) is 5.54 Å². The predicted octanol–water partition coefficient (Wildman–Crippen LogP) is 1.33. The lowest BCUT2D eigenvalue weighted by molar-refractivity contribution is 0.273. The predicted molar refractivity (Wildman–Crippen MR) is 76.3 cm³/mol. The minimum absolute atomic E-state index is 0.188. The first kappa shape index (κ1) is 13.8. The third-order valence-corrected chi connectivity index (χ3v) is 2.95. The average molecular weight is 263 g/mol. The summed E-state index contributed by atoms with van der Waals surface area (Å²) in [5.74, 6) is -0.408. The second-order valence-corrected chi connectivity index (χ2v) is 5.82. The van der Waals surface area contributed by atoms with Crippen LogP contribution in [0.2, 0.25) is 0 Å². The van der Waals surface area contributed by atoms with E-state index in [0.29, 0.717) is 5.58 Å². The van der Waals surface area contributed by atoms with Gasteiger partial charge in [-0.1, -0.05) is 6.07 Å². The van der Waals surface area contributed by atoms with E-state index in [1.807, 2.05) is 32.0 Å². The monoisotopic (exact) mass is 263 g/mol. The Labute approximate surface area is 112 Å². The molecule has 19 heavy (non-hydrogen) atoms. The van der Waals surface area contributed by atoms with Crippen molar-refractivity contribution in [1.82, 2.24) is 9.88 Å². The molecule has 0 amide bonds. The van der Waals surface area contributed by atoms with Gasteiger partial charge >= 0.3 is 5.76 Å². The Morgan fingerprint density at radius 1 is 1.42 bits per heavy atom. The van der Waals surface area contributed by atoms with Gasteiger partial charge in [0.1, 0.15) is 0 Å². The zero-order valence-corrected chi connectivity index (χ0v) is 11.7. The Bertz CT molecular complexity index is 607. The first-order valence-corrected chi connectivity index (χ1v) is 6.43. The molecule has 5 nitrogen and oxygen atoms in total. The highest BCUT2D eigenvalue weighted by Crippen LogP contribution is 2.13. The van der Waals surface area contributed by atoms with Gasteiger partial charge in [-0.25, -0.2) is 4.79 Å². The molecule has 0 spiro atoms. The van der Waals surface area contributed by atoms with Crippen LogP contribution in [-0.2, 0) is 6.42 Å². The maximum Gasteiger partial charge on any atom is 0.417 e. The third-order valence-electron chi connectivity index (χ3n) is 2.95. The standard InChI is InChI=1S/C14H21N3O2/c1-14(2,15)9-17(3)7-6-10-4-5-11-12(8-10)19-13(18)16-11/h4-5,8H,6-7,9,15H2,1-3H3,(H,16,18). The van der Waals surface area contributed by atoms with Crippen molar-refractivity contribution < 1.29 is 4.42 Å². The molecule has 0 bridgehead atoms. The Morgan fingerprint density at radius 3 is 2.84 bits per heavy atom. The van der Waals surface area contributed by atoms with E-state index in [2.05, 4.69) is 16.9 Å². The van der Waals surface area contributed by atoms with Crippen molar-refractivity contribution in [2.75, 3.05) is 20.1 Å². The van der Waals surface area contributed by atoms with Crippen LogP contribution in [0.25, 0.3) is 11.1 Å². The second-order valence-electron chi connectivity index (χ2n) is 5.82. The van der Waals surface area contributed by atoms with Gasteiger partial charge in [0.2, 0.25) is 0 Å². The zero-order chi connectivity index (χ0) is 14.0. The zero-order valence-electron chi connectivity index (χ0n) is 11.7.